The molecule has 1 saturated heterocycles. The summed E-state index contributed by atoms with van der Waals surface area (Å²) in [6.07, 6.45) is 4.48. The molecule has 0 bridgehead atoms. The van der Waals surface area contributed by atoms with Crippen molar-refractivity contribution in [3.8, 4) is 16.9 Å². The van der Waals surface area contributed by atoms with Crippen molar-refractivity contribution in [2.75, 3.05) is 26.3 Å². The molecule has 0 saturated carbocycles. The molecule has 1 unspecified atom stereocenters. The quantitative estimate of drug-likeness (QED) is 0.197. The molecule has 2 aliphatic rings. The topological polar surface area (TPSA) is 32.7 Å². The number of hydrogen-bond donors (Lipinski definition) is 1. The standard InChI is InChI=1S/C39H40Cl2FNO2/c1-39(2,44)30-12-7-26(8-13-30)28-11-17-34-29(23-28)5-3-6-36(35-18-14-31(40)24-37(35)41)38(34)27-9-15-32(16-10-27)45-33-19-22-43(25-33)21-4-20-42/h7-18,23-24,33,44H,3-6,19-22,25H2,1-2H3. The Kier molecular flexibility index (Phi) is 9.68. The Labute approximate surface area is 276 Å². The van der Waals surface area contributed by atoms with Gasteiger partial charge in [-0.05, 0) is 120 Å². The first-order valence-electron chi connectivity index (χ1n) is 15.9. The number of aryl methyl sites for hydroxylation is 1. The molecule has 6 rings (SSSR count). The van der Waals surface area contributed by atoms with Gasteiger partial charge in [0.1, 0.15) is 11.9 Å². The zero-order chi connectivity index (χ0) is 31.6. The van der Waals surface area contributed by atoms with Gasteiger partial charge in [-0.2, -0.15) is 0 Å². The average molecular weight is 645 g/mol. The highest BCUT2D eigenvalue weighted by Crippen LogP contribution is 2.43. The van der Waals surface area contributed by atoms with Crippen molar-refractivity contribution >= 4 is 34.3 Å². The maximum atomic E-state index is 12.6. The molecule has 4 aromatic rings. The van der Waals surface area contributed by atoms with Gasteiger partial charge in [0.05, 0.1) is 12.3 Å². The molecule has 0 spiro atoms. The summed E-state index contributed by atoms with van der Waals surface area (Å²) in [5.74, 6) is 0.849. The highest BCUT2D eigenvalue weighted by Gasteiger charge is 2.25. The van der Waals surface area contributed by atoms with E-state index in [1.165, 1.54) is 22.3 Å². The van der Waals surface area contributed by atoms with Crippen LogP contribution in [0.2, 0.25) is 10.0 Å². The van der Waals surface area contributed by atoms with Crippen molar-refractivity contribution in [2.24, 2.45) is 0 Å². The molecule has 3 nitrogen and oxygen atoms in total. The van der Waals surface area contributed by atoms with Crippen molar-refractivity contribution < 1.29 is 14.2 Å². The SMILES string of the molecule is CC(C)(O)c1ccc(-c2ccc3c(c2)CCCC(c2ccc(Cl)cc2Cl)=C3c2ccc(OC3CCN(CCCF)C3)cc2)cc1. The summed E-state index contributed by atoms with van der Waals surface area (Å²) in [7, 11) is 0. The molecule has 1 fully saturated rings. The molecular formula is C39H40Cl2FNO2. The molecule has 1 aliphatic carbocycles. The molecule has 0 radical (unpaired) electrons. The third-order valence-corrected chi connectivity index (χ3v) is 9.56. The van der Waals surface area contributed by atoms with Crippen LogP contribution >= 0.6 is 23.2 Å². The Hall–Kier alpha value is -3.15. The smallest absolute Gasteiger partial charge is 0.119 e. The van der Waals surface area contributed by atoms with Gasteiger partial charge in [0.25, 0.3) is 0 Å². The maximum absolute atomic E-state index is 12.6. The molecule has 4 aromatic carbocycles. The van der Waals surface area contributed by atoms with E-state index in [1.54, 1.807) is 13.8 Å². The molecule has 1 aliphatic heterocycles. The summed E-state index contributed by atoms with van der Waals surface area (Å²) in [6.45, 7) is 5.91. The first-order valence-corrected chi connectivity index (χ1v) is 16.7. The molecule has 1 atom stereocenters. The lowest BCUT2D eigenvalue weighted by Gasteiger charge is -2.20. The highest BCUT2D eigenvalue weighted by molar-refractivity contribution is 6.36. The predicted octanol–water partition coefficient (Wildman–Crippen LogP) is 10.00. The Bertz CT molecular complexity index is 1680. The number of aliphatic hydroxyl groups is 1. The number of likely N-dealkylation sites (tertiary alicyclic amines) is 1. The molecule has 234 valence electrons. The summed E-state index contributed by atoms with van der Waals surface area (Å²) in [4.78, 5) is 2.28. The fraction of sp³-hybridized carbons (Fsp3) is 0.333. The van der Waals surface area contributed by atoms with Crippen LogP contribution < -0.4 is 4.74 Å². The van der Waals surface area contributed by atoms with Crippen LogP contribution in [-0.4, -0.2) is 42.4 Å². The molecule has 1 heterocycles. The van der Waals surface area contributed by atoms with E-state index >= 15 is 0 Å². The fourth-order valence-electron chi connectivity index (χ4n) is 6.64. The molecule has 45 heavy (non-hydrogen) atoms. The Balaban J connectivity index is 1.36. The highest BCUT2D eigenvalue weighted by atomic mass is 35.5. The van der Waals surface area contributed by atoms with Crippen molar-refractivity contribution in [3.63, 3.8) is 0 Å². The van der Waals surface area contributed by atoms with Gasteiger partial charge in [-0.15, -0.1) is 0 Å². The van der Waals surface area contributed by atoms with Gasteiger partial charge in [-0.1, -0.05) is 83.9 Å². The lowest BCUT2D eigenvalue weighted by atomic mass is 9.86. The number of nitrogens with zero attached hydrogens (tertiary/aromatic N) is 1. The van der Waals surface area contributed by atoms with Crippen molar-refractivity contribution in [3.05, 3.63) is 123 Å². The number of hydrogen-bond acceptors (Lipinski definition) is 3. The van der Waals surface area contributed by atoms with Gasteiger partial charge in [-0.25, -0.2) is 0 Å². The Morgan fingerprint density at radius 2 is 1.58 bits per heavy atom. The van der Waals surface area contributed by atoms with Gasteiger partial charge >= 0.3 is 0 Å². The van der Waals surface area contributed by atoms with Crippen LogP contribution in [0.1, 0.15) is 67.3 Å². The maximum Gasteiger partial charge on any atom is 0.119 e. The summed E-state index contributed by atoms with van der Waals surface area (Å²) in [5.41, 5.74) is 9.32. The van der Waals surface area contributed by atoms with E-state index in [2.05, 4.69) is 59.5 Å². The lowest BCUT2D eigenvalue weighted by Crippen LogP contribution is -2.26. The molecule has 0 aromatic heterocycles. The Morgan fingerprint density at radius 1 is 0.867 bits per heavy atom. The number of ether oxygens (including phenoxy) is 1. The van der Waals surface area contributed by atoms with E-state index < -0.39 is 5.60 Å². The van der Waals surface area contributed by atoms with Gasteiger partial charge < -0.3 is 9.84 Å². The van der Waals surface area contributed by atoms with Gasteiger partial charge in [0.15, 0.2) is 0 Å². The third-order valence-electron chi connectivity index (χ3n) is 9.01. The van der Waals surface area contributed by atoms with Crippen LogP contribution in [0.15, 0.2) is 84.9 Å². The zero-order valence-electron chi connectivity index (χ0n) is 26.0. The third kappa shape index (κ3) is 7.31. The molecular weight excluding hydrogens is 604 g/mol. The second-order valence-corrected chi connectivity index (χ2v) is 13.6. The van der Waals surface area contributed by atoms with E-state index in [9.17, 15) is 9.50 Å². The number of benzene rings is 4. The van der Waals surface area contributed by atoms with Crippen LogP contribution in [0.4, 0.5) is 4.39 Å². The van der Waals surface area contributed by atoms with Crippen molar-refractivity contribution in [1.29, 1.82) is 0 Å². The monoisotopic (exact) mass is 643 g/mol. The molecule has 1 N–H and O–H groups in total. The van der Waals surface area contributed by atoms with E-state index in [0.29, 0.717) is 16.5 Å². The van der Waals surface area contributed by atoms with Crippen molar-refractivity contribution in [1.82, 2.24) is 4.90 Å². The molecule has 0 amide bonds. The van der Waals surface area contributed by atoms with Crippen LogP contribution in [0, 0.1) is 0 Å². The second-order valence-electron chi connectivity index (χ2n) is 12.7. The number of allylic oxidation sites excluding steroid dienone is 1. The minimum atomic E-state index is -0.875. The minimum Gasteiger partial charge on any atom is -0.489 e. The van der Waals surface area contributed by atoms with Crippen LogP contribution in [0.3, 0.4) is 0 Å². The fourth-order valence-corrected chi connectivity index (χ4v) is 7.17. The van der Waals surface area contributed by atoms with Crippen LogP contribution in [-0.2, 0) is 12.0 Å². The van der Waals surface area contributed by atoms with Gasteiger partial charge in [-0.3, -0.25) is 9.29 Å². The number of halogens is 3. The van der Waals surface area contributed by atoms with Crippen LogP contribution in [0.25, 0.3) is 22.3 Å². The predicted molar refractivity (Wildman–Crippen MR) is 185 cm³/mol. The van der Waals surface area contributed by atoms with E-state index in [0.717, 1.165) is 78.9 Å². The average Bonchev–Trinajstić information content (AvgIpc) is 3.38. The summed E-state index contributed by atoms with van der Waals surface area (Å²) in [6, 6.07) is 29.1. The Morgan fingerprint density at radius 3 is 2.29 bits per heavy atom. The number of rotatable bonds is 9. The first kappa shape index (κ1) is 31.8. The lowest BCUT2D eigenvalue weighted by molar-refractivity contribution is 0.0786. The number of fused-ring (bicyclic) bond motifs is 1. The van der Waals surface area contributed by atoms with Crippen molar-refractivity contribution in [2.45, 2.75) is 57.7 Å². The van der Waals surface area contributed by atoms with E-state index in [1.807, 2.05) is 30.3 Å². The molecule has 6 heteroatoms. The summed E-state index contributed by atoms with van der Waals surface area (Å²) >= 11 is 13.1. The zero-order valence-corrected chi connectivity index (χ0v) is 27.5. The summed E-state index contributed by atoms with van der Waals surface area (Å²) < 4.78 is 19.0. The first-order chi connectivity index (χ1) is 21.7. The minimum absolute atomic E-state index is 0.118. The summed E-state index contributed by atoms with van der Waals surface area (Å²) in [5, 5.41) is 11.7. The van der Waals surface area contributed by atoms with Crippen LogP contribution in [0.5, 0.6) is 5.75 Å². The van der Waals surface area contributed by atoms with E-state index in [4.69, 9.17) is 27.9 Å². The second kappa shape index (κ2) is 13.7. The number of alkyl halides is 1. The van der Waals surface area contributed by atoms with Gasteiger partial charge in [0, 0.05) is 29.7 Å². The normalized spacial score (nSPS) is 17.3. The van der Waals surface area contributed by atoms with Gasteiger partial charge in [0.2, 0.25) is 0 Å². The largest absolute Gasteiger partial charge is 0.489 e. The van der Waals surface area contributed by atoms with E-state index in [-0.39, 0.29) is 12.8 Å².